The predicted molar refractivity (Wildman–Crippen MR) is 110 cm³/mol. The number of anilines is 1. The van der Waals surface area contributed by atoms with Gasteiger partial charge in [0, 0.05) is 37.3 Å². The molecule has 1 aromatic heterocycles. The Bertz CT molecular complexity index is 754. The maximum atomic E-state index is 12.4. The summed E-state index contributed by atoms with van der Waals surface area (Å²) in [4.78, 5) is 22.9. The lowest BCUT2D eigenvalue weighted by Gasteiger charge is -2.33. The zero-order valence-corrected chi connectivity index (χ0v) is 17.1. The third-order valence-corrected chi connectivity index (χ3v) is 6.00. The fourth-order valence-electron chi connectivity index (χ4n) is 3.10. The normalized spacial score (nSPS) is 15.9. The molecule has 2 aromatic rings. The third kappa shape index (κ3) is 5.51. The smallest absolute Gasteiger partial charge is 0.238 e. The standard InChI is InChI=1S/C20H28N4O2S/c1-15(2)18-12-21-20(27-18)14-24-10-8-23(9-11-24)13-19(25)22-16-6-4-5-7-17(16)26-3/h4-7,12,15H,8-11,13-14H2,1-3H3,(H,22,25). The Hall–Kier alpha value is -1.96. The molecule has 7 heteroatoms. The number of thiazole rings is 1. The van der Waals surface area contributed by atoms with Gasteiger partial charge in [-0.15, -0.1) is 11.3 Å². The minimum Gasteiger partial charge on any atom is -0.495 e. The highest BCUT2D eigenvalue weighted by Gasteiger charge is 2.20. The average Bonchev–Trinajstić information content (AvgIpc) is 3.12. The Labute approximate surface area is 165 Å². The lowest BCUT2D eigenvalue weighted by molar-refractivity contribution is -0.117. The van der Waals surface area contributed by atoms with Crippen LogP contribution in [0, 0.1) is 0 Å². The van der Waals surface area contributed by atoms with Crippen LogP contribution in [0.1, 0.15) is 29.7 Å². The largest absolute Gasteiger partial charge is 0.495 e. The van der Waals surface area contributed by atoms with Gasteiger partial charge >= 0.3 is 0 Å². The van der Waals surface area contributed by atoms with Crippen LogP contribution in [0.25, 0.3) is 0 Å². The van der Waals surface area contributed by atoms with Crippen molar-refractivity contribution >= 4 is 22.9 Å². The second-order valence-corrected chi connectivity index (χ2v) is 8.26. The first-order chi connectivity index (χ1) is 13.0. The van der Waals surface area contributed by atoms with E-state index in [1.165, 1.54) is 9.88 Å². The molecule has 0 saturated carbocycles. The van der Waals surface area contributed by atoms with Crippen molar-refractivity contribution in [1.82, 2.24) is 14.8 Å². The van der Waals surface area contributed by atoms with E-state index in [1.807, 2.05) is 41.8 Å². The van der Waals surface area contributed by atoms with Crippen LogP contribution in [0.3, 0.4) is 0 Å². The highest BCUT2D eigenvalue weighted by molar-refractivity contribution is 7.11. The number of ether oxygens (including phenoxy) is 1. The molecule has 0 aliphatic carbocycles. The number of rotatable bonds is 7. The number of aromatic nitrogens is 1. The van der Waals surface area contributed by atoms with E-state index in [0.717, 1.165) is 32.7 Å². The number of carbonyl (C=O) groups is 1. The first-order valence-corrected chi connectivity index (χ1v) is 10.2. The van der Waals surface area contributed by atoms with Crippen LogP contribution >= 0.6 is 11.3 Å². The molecule has 3 rings (SSSR count). The molecule has 0 bridgehead atoms. The number of benzene rings is 1. The summed E-state index contributed by atoms with van der Waals surface area (Å²) in [5.74, 6) is 1.21. The number of amides is 1. The molecule has 0 spiro atoms. The van der Waals surface area contributed by atoms with Crippen molar-refractivity contribution in [3.8, 4) is 5.75 Å². The van der Waals surface area contributed by atoms with Crippen LogP contribution in [-0.2, 0) is 11.3 Å². The van der Waals surface area contributed by atoms with Gasteiger partial charge in [0.05, 0.1) is 25.9 Å². The van der Waals surface area contributed by atoms with Crippen LogP contribution in [0.15, 0.2) is 30.5 Å². The Balaban J connectivity index is 1.44. The van der Waals surface area contributed by atoms with E-state index >= 15 is 0 Å². The molecule has 1 amide bonds. The number of carbonyl (C=O) groups excluding carboxylic acids is 1. The molecule has 1 fully saturated rings. The Kier molecular flexibility index (Phi) is 6.82. The number of nitrogens with one attached hydrogen (secondary N) is 1. The second-order valence-electron chi connectivity index (χ2n) is 7.11. The number of hydrogen-bond acceptors (Lipinski definition) is 6. The topological polar surface area (TPSA) is 57.7 Å². The summed E-state index contributed by atoms with van der Waals surface area (Å²) in [6.45, 7) is 9.40. The highest BCUT2D eigenvalue weighted by atomic mass is 32.1. The number of methoxy groups -OCH3 is 1. The Morgan fingerprint density at radius 3 is 2.59 bits per heavy atom. The Morgan fingerprint density at radius 2 is 1.93 bits per heavy atom. The van der Waals surface area contributed by atoms with Crippen LogP contribution in [0.4, 0.5) is 5.69 Å². The first-order valence-electron chi connectivity index (χ1n) is 9.37. The number of nitrogens with zero attached hydrogens (tertiary/aromatic N) is 3. The molecule has 27 heavy (non-hydrogen) atoms. The summed E-state index contributed by atoms with van der Waals surface area (Å²) in [5, 5.41) is 4.13. The van der Waals surface area contributed by atoms with Crippen LogP contribution in [0.5, 0.6) is 5.75 Å². The van der Waals surface area contributed by atoms with E-state index in [0.29, 0.717) is 23.9 Å². The van der Waals surface area contributed by atoms with Crippen LogP contribution < -0.4 is 10.1 Å². The minimum absolute atomic E-state index is 0.00514. The van der Waals surface area contributed by atoms with E-state index < -0.39 is 0 Å². The quantitative estimate of drug-likeness (QED) is 0.790. The van der Waals surface area contributed by atoms with Gasteiger partial charge in [-0.05, 0) is 18.1 Å². The zero-order chi connectivity index (χ0) is 19.2. The molecule has 1 saturated heterocycles. The lowest BCUT2D eigenvalue weighted by atomic mass is 10.2. The molecule has 2 heterocycles. The van der Waals surface area contributed by atoms with Crippen molar-refractivity contribution < 1.29 is 9.53 Å². The van der Waals surface area contributed by atoms with Gasteiger partial charge in [0.15, 0.2) is 0 Å². The van der Waals surface area contributed by atoms with Crippen molar-refractivity contribution in [3.05, 3.63) is 40.3 Å². The van der Waals surface area contributed by atoms with Gasteiger partial charge in [0.2, 0.25) is 5.91 Å². The molecule has 0 atom stereocenters. The zero-order valence-electron chi connectivity index (χ0n) is 16.3. The number of para-hydroxylation sites is 2. The molecule has 146 valence electrons. The molecule has 1 N–H and O–H groups in total. The summed E-state index contributed by atoms with van der Waals surface area (Å²) in [5.41, 5.74) is 0.716. The van der Waals surface area contributed by atoms with E-state index in [4.69, 9.17) is 4.74 Å². The number of piperazine rings is 1. The summed E-state index contributed by atoms with van der Waals surface area (Å²) in [7, 11) is 1.61. The van der Waals surface area contributed by atoms with Gasteiger partial charge in [0.1, 0.15) is 10.8 Å². The van der Waals surface area contributed by atoms with E-state index in [-0.39, 0.29) is 5.91 Å². The van der Waals surface area contributed by atoms with Crippen LogP contribution in [-0.4, -0.2) is 60.5 Å². The highest BCUT2D eigenvalue weighted by Crippen LogP contribution is 2.24. The van der Waals surface area contributed by atoms with Crippen molar-refractivity contribution in [1.29, 1.82) is 0 Å². The SMILES string of the molecule is COc1ccccc1NC(=O)CN1CCN(Cc2ncc(C(C)C)s2)CC1. The number of hydrogen-bond donors (Lipinski definition) is 1. The molecule has 0 radical (unpaired) electrons. The average molecular weight is 389 g/mol. The van der Waals surface area contributed by atoms with Gasteiger partial charge in [0.25, 0.3) is 0 Å². The van der Waals surface area contributed by atoms with Crippen molar-refractivity contribution in [3.63, 3.8) is 0 Å². The van der Waals surface area contributed by atoms with Gasteiger partial charge in [-0.25, -0.2) is 4.98 Å². The molecule has 1 aliphatic rings. The van der Waals surface area contributed by atoms with Gasteiger partial charge < -0.3 is 10.1 Å². The molecular weight excluding hydrogens is 360 g/mol. The predicted octanol–water partition coefficient (Wildman–Crippen LogP) is 3.03. The molecular formula is C20H28N4O2S. The molecule has 6 nitrogen and oxygen atoms in total. The fraction of sp³-hybridized carbons (Fsp3) is 0.500. The minimum atomic E-state index is -0.00514. The van der Waals surface area contributed by atoms with E-state index in [9.17, 15) is 4.79 Å². The van der Waals surface area contributed by atoms with E-state index in [1.54, 1.807) is 7.11 Å². The maximum Gasteiger partial charge on any atom is 0.238 e. The van der Waals surface area contributed by atoms with Gasteiger partial charge in [-0.1, -0.05) is 26.0 Å². The fourth-order valence-corrected chi connectivity index (χ4v) is 4.07. The first kappa shape index (κ1) is 19.8. The monoisotopic (exact) mass is 388 g/mol. The third-order valence-electron chi connectivity index (χ3n) is 4.71. The van der Waals surface area contributed by atoms with Crippen molar-refractivity contribution in [2.75, 3.05) is 45.2 Å². The second kappa shape index (κ2) is 9.30. The van der Waals surface area contributed by atoms with Gasteiger partial charge in [-0.2, -0.15) is 0 Å². The Morgan fingerprint density at radius 1 is 1.22 bits per heavy atom. The molecule has 1 aromatic carbocycles. The summed E-state index contributed by atoms with van der Waals surface area (Å²) < 4.78 is 5.28. The lowest BCUT2D eigenvalue weighted by Crippen LogP contribution is -2.48. The summed E-state index contributed by atoms with van der Waals surface area (Å²) in [6.07, 6.45) is 2.00. The van der Waals surface area contributed by atoms with Crippen LogP contribution in [0.2, 0.25) is 0 Å². The van der Waals surface area contributed by atoms with E-state index in [2.05, 4.69) is 33.9 Å². The van der Waals surface area contributed by atoms with Gasteiger partial charge in [-0.3, -0.25) is 14.6 Å². The summed E-state index contributed by atoms with van der Waals surface area (Å²) in [6, 6.07) is 7.48. The molecule has 0 unspecified atom stereocenters. The maximum absolute atomic E-state index is 12.4. The van der Waals surface area contributed by atoms with Crippen molar-refractivity contribution in [2.45, 2.75) is 26.3 Å². The summed E-state index contributed by atoms with van der Waals surface area (Å²) >= 11 is 1.81. The van der Waals surface area contributed by atoms with Crippen molar-refractivity contribution in [2.24, 2.45) is 0 Å². The molecule has 1 aliphatic heterocycles.